The van der Waals surface area contributed by atoms with E-state index in [1.165, 1.54) is 6.07 Å². The van der Waals surface area contributed by atoms with Crippen molar-refractivity contribution in [3.05, 3.63) is 53.7 Å². The molecule has 4 nitrogen and oxygen atoms in total. The van der Waals surface area contributed by atoms with E-state index < -0.39 is 11.2 Å². The third-order valence-corrected chi connectivity index (χ3v) is 3.77. The van der Waals surface area contributed by atoms with Crippen LogP contribution in [0.25, 0.3) is 0 Å². The summed E-state index contributed by atoms with van der Waals surface area (Å²) in [5.74, 6) is -0.961. The highest BCUT2D eigenvalue weighted by Gasteiger charge is 2.23. The van der Waals surface area contributed by atoms with E-state index in [0.29, 0.717) is 10.6 Å². The van der Waals surface area contributed by atoms with E-state index in [1.54, 1.807) is 37.3 Å². The Morgan fingerprint density at radius 1 is 1.21 bits per heavy atom. The largest absolute Gasteiger partial charge is 0.505 e. The molecule has 0 saturated heterocycles. The van der Waals surface area contributed by atoms with Gasteiger partial charge in [0, 0.05) is 5.69 Å². The van der Waals surface area contributed by atoms with E-state index in [0.717, 1.165) is 17.5 Å². The monoisotopic (exact) mass is 275 g/mol. The van der Waals surface area contributed by atoms with E-state index in [-0.39, 0.29) is 5.75 Å². The number of carboxylic acid groups (broad SMARTS) is 1. The maximum absolute atomic E-state index is 11.4. The van der Waals surface area contributed by atoms with Gasteiger partial charge in [-0.15, -0.1) is 0 Å². The Morgan fingerprint density at radius 2 is 1.89 bits per heavy atom. The average molecular weight is 275 g/mol. The molecule has 0 saturated carbocycles. The molecule has 0 aliphatic heterocycles. The summed E-state index contributed by atoms with van der Waals surface area (Å²) >= 11 is 1.03. The zero-order chi connectivity index (χ0) is 13.8. The topological polar surface area (TPSA) is 70.4 Å². The lowest BCUT2D eigenvalue weighted by Gasteiger charge is -2.12. The molecule has 2 rings (SSSR count). The van der Waals surface area contributed by atoms with E-state index >= 15 is 0 Å². The van der Waals surface area contributed by atoms with Crippen molar-refractivity contribution in [3.63, 3.8) is 0 Å². The molecule has 1 heterocycles. The standard InChI is InChI=1S/C14H13NO3S/c1-9-7-8-11(16)13(15-9)19-12(14(17)18)10-5-3-2-4-6-10/h2-8,12,16H,1H3,(H,17,18). The molecule has 0 amide bonds. The van der Waals surface area contributed by atoms with Crippen LogP contribution in [0.15, 0.2) is 47.5 Å². The molecule has 0 spiro atoms. The van der Waals surface area contributed by atoms with Gasteiger partial charge in [0.1, 0.15) is 16.0 Å². The highest BCUT2D eigenvalue weighted by Crippen LogP contribution is 2.38. The summed E-state index contributed by atoms with van der Waals surface area (Å²) in [4.78, 5) is 15.5. The SMILES string of the molecule is Cc1ccc(O)c(SC(C(=O)O)c2ccccc2)n1. The first-order valence-corrected chi connectivity index (χ1v) is 6.57. The van der Waals surface area contributed by atoms with Gasteiger partial charge < -0.3 is 10.2 Å². The van der Waals surface area contributed by atoms with Gasteiger partial charge in [-0.1, -0.05) is 42.1 Å². The number of aromatic nitrogens is 1. The first kappa shape index (κ1) is 13.4. The van der Waals surface area contributed by atoms with Gasteiger partial charge in [0.2, 0.25) is 0 Å². The second-order valence-corrected chi connectivity index (χ2v) is 5.12. The lowest BCUT2D eigenvalue weighted by Crippen LogP contribution is -2.08. The van der Waals surface area contributed by atoms with Crippen molar-refractivity contribution in [2.45, 2.75) is 17.2 Å². The number of aryl methyl sites for hydroxylation is 1. The van der Waals surface area contributed by atoms with Crippen molar-refractivity contribution < 1.29 is 15.0 Å². The van der Waals surface area contributed by atoms with Crippen LogP contribution >= 0.6 is 11.8 Å². The maximum atomic E-state index is 11.4. The maximum Gasteiger partial charge on any atom is 0.321 e. The molecule has 1 unspecified atom stereocenters. The van der Waals surface area contributed by atoms with Crippen molar-refractivity contribution in [1.82, 2.24) is 4.98 Å². The van der Waals surface area contributed by atoms with Gasteiger partial charge in [-0.05, 0) is 24.6 Å². The number of pyridine rings is 1. The molecule has 0 fully saturated rings. The summed E-state index contributed by atoms with van der Waals surface area (Å²) in [5, 5.41) is 18.6. The molecule has 2 N–H and O–H groups in total. The summed E-state index contributed by atoms with van der Waals surface area (Å²) < 4.78 is 0. The number of aromatic hydroxyl groups is 1. The molecule has 5 heteroatoms. The zero-order valence-corrected chi connectivity index (χ0v) is 11.1. The molecule has 0 aliphatic rings. The third kappa shape index (κ3) is 3.26. The molecule has 98 valence electrons. The van der Waals surface area contributed by atoms with Crippen LogP contribution in [0, 0.1) is 6.92 Å². The van der Waals surface area contributed by atoms with Gasteiger partial charge in [-0.3, -0.25) is 4.79 Å². The van der Waals surface area contributed by atoms with Crippen LogP contribution in [-0.4, -0.2) is 21.2 Å². The van der Waals surface area contributed by atoms with Crippen molar-refractivity contribution in [3.8, 4) is 5.75 Å². The number of rotatable bonds is 4. The Balaban J connectivity index is 2.32. The minimum absolute atomic E-state index is 0.00205. The van der Waals surface area contributed by atoms with Crippen molar-refractivity contribution in [2.24, 2.45) is 0 Å². The summed E-state index contributed by atoms with van der Waals surface area (Å²) in [6, 6.07) is 12.1. The minimum atomic E-state index is -0.959. The van der Waals surface area contributed by atoms with Crippen molar-refractivity contribution in [1.29, 1.82) is 0 Å². The molecule has 1 aromatic heterocycles. The van der Waals surface area contributed by atoms with Crippen LogP contribution in [-0.2, 0) is 4.79 Å². The van der Waals surface area contributed by atoms with E-state index in [1.807, 2.05) is 6.07 Å². The fourth-order valence-electron chi connectivity index (χ4n) is 1.61. The second kappa shape index (κ2) is 5.75. The van der Waals surface area contributed by atoms with Crippen LogP contribution in [0.4, 0.5) is 0 Å². The second-order valence-electron chi connectivity index (χ2n) is 4.02. The smallest absolute Gasteiger partial charge is 0.321 e. The Labute approximate surface area is 115 Å². The summed E-state index contributed by atoms with van der Waals surface area (Å²) in [6.07, 6.45) is 0. The van der Waals surface area contributed by atoms with E-state index in [4.69, 9.17) is 0 Å². The number of hydrogen-bond acceptors (Lipinski definition) is 4. The quantitative estimate of drug-likeness (QED) is 0.839. The van der Waals surface area contributed by atoms with Crippen LogP contribution in [0.1, 0.15) is 16.5 Å². The molecule has 0 bridgehead atoms. The minimum Gasteiger partial charge on any atom is -0.505 e. The van der Waals surface area contributed by atoms with E-state index in [9.17, 15) is 15.0 Å². The number of nitrogens with zero attached hydrogens (tertiary/aromatic N) is 1. The number of carboxylic acids is 1. The number of hydrogen-bond donors (Lipinski definition) is 2. The average Bonchev–Trinajstić information content (AvgIpc) is 2.40. The van der Waals surface area contributed by atoms with Gasteiger partial charge in [0.05, 0.1) is 0 Å². The number of aliphatic carboxylic acids is 1. The van der Waals surface area contributed by atoms with Crippen LogP contribution in [0.2, 0.25) is 0 Å². The number of carbonyl (C=O) groups is 1. The van der Waals surface area contributed by atoms with Gasteiger partial charge in [-0.25, -0.2) is 4.98 Å². The lowest BCUT2D eigenvalue weighted by atomic mass is 10.1. The lowest BCUT2D eigenvalue weighted by molar-refractivity contribution is -0.136. The molecule has 0 aliphatic carbocycles. The predicted molar refractivity (Wildman–Crippen MR) is 73.3 cm³/mol. The molecular weight excluding hydrogens is 262 g/mol. The van der Waals surface area contributed by atoms with Gasteiger partial charge in [-0.2, -0.15) is 0 Å². The fraction of sp³-hybridized carbons (Fsp3) is 0.143. The number of thioether (sulfide) groups is 1. The molecule has 19 heavy (non-hydrogen) atoms. The Hall–Kier alpha value is -2.01. The first-order valence-electron chi connectivity index (χ1n) is 5.69. The van der Waals surface area contributed by atoms with Gasteiger partial charge >= 0.3 is 5.97 Å². The normalized spacial score (nSPS) is 12.1. The highest BCUT2D eigenvalue weighted by molar-refractivity contribution is 8.00. The third-order valence-electron chi connectivity index (χ3n) is 2.54. The summed E-state index contributed by atoms with van der Waals surface area (Å²) in [7, 11) is 0. The molecule has 2 aromatic rings. The van der Waals surface area contributed by atoms with Crippen LogP contribution in [0.5, 0.6) is 5.75 Å². The Bertz CT molecular complexity index is 586. The fourth-order valence-corrected chi connectivity index (χ4v) is 2.62. The first-order chi connectivity index (χ1) is 9.08. The molecular formula is C14H13NO3S. The van der Waals surface area contributed by atoms with E-state index in [2.05, 4.69) is 4.98 Å². The highest BCUT2D eigenvalue weighted by atomic mass is 32.2. The molecule has 1 aromatic carbocycles. The van der Waals surface area contributed by atoms with Crippen molar-refractivity contribution >= 4 is 17.7 Å². The van der Waals surface area contributed by atoms with Crippen LogP contribution in [0.3, 0.4) is 0 Å². The molecule has 1 atom stereocenters. The van der Waals surface area contributed by atoms with Crippen LogP contribution < -0.4 is 0 Å². The van der Waals surface area contributed by atoms with Crippen molar-refractivity contribution in [2.75, 3.05) is 0 Å². The zero-order valence-electron chi connectivity index (χ0n) is 10.3. The summed E-state index contributed by atoms with van der Waals surface area (Å²) in [5.41, 5.74) is 1.40. The number of benzene rings is 1. The Kier molecular flexibility index (Phi) is 4.06. The molecule has 0 radical (unpaired) electrons. The Morgan fingerprint density at radius 3 is 2.53 bits per heavy atom. The predicted octanol–water partition coefficient (Wildman–Crippen LogP) is 3.01. The van der Waals surface area contributed by atoms with Gasteiger partial charge in [0.25, 0.3) is 0 Å². The summed E-state index contributed by atoms with van der Waals surface area (Å²) in [6.45, 7) is 1.79. The van der Waals surface area contributed by atoms with Gasteiger partial charge in [0.15, 0.2) is 0 Å².